The molecule has 0 aromatic heterocycles. The van der Waals surface area contributed by atoms with Crippen LogP contribution >= 0.6 is 7.14 Å². The molecule has 6 rings (SSSR count). The molecule has 6 aromatic rings. The number of nitrogens with zero attached hydrogens (tertiary/aromatic N) is 1. The summed E-state index contributed by atoms with van der Waals surface area (Å²) in [6.45, 7) is 0. The van der Waals surface area contributed by atoms with Crippen LogP contribution in [0.15, 0.2) is 170 Å². The van der Waals surface area contributed by atoms with Crippen LogP contribution in [0.5, 0.6) is 0 Å². The lowest BCUT2D eigenvalue weighted by atomic mass is 10.0. The fraction of sp³-hybridized carbons (Fsp3) is 0. The molecule has 6 aromatic carbocycles. The maximum absolute atomic E-state index is 15.4. The third-order valence-corrected chi connectivity index (χ3v) is 10.1. The second-order valence-corrected chi connectivity index (χ2v) is 12.1. The van der Waals surface area contributed by atoms with Gasteiger partial charge in [-0.1, -0.05) is 140 Å². The largest absolute Gasteiger partial charge is 0.310 e. The summed E-state index contributed by atoms with van der Waals surface area (Å²) in [6.07, 6.45) is 0. The number of anilines is 3. The van der Waals surface area contributed by atoms with Crippen molar-refractivity contribution in [1.82, 2.24) is 0 Å². The number of para-hydroxylation sites is 3. The molecule has 0 radical (unpaired) electrons. The molecule has 0 aliphatic rings. The molecule has 0 fully saturated rings. The summed E-state index contributed by atoms with van der Waals surface area (Å²) in [6, 6.07) is 57.0. The molecule has 0 unspecified atom stereocenters. The van der Waals surface area contributed by atoms with Gasteiger partial charge >= 0.3 is 0 Å². The predicted octanol–water partition coefficient (Wildman–Crippen LogP) is 8.46. The topological polar surface area (TPSA) is 20.3 Å². The van der Waals surface area contributed by atoms with Crippen LogP contribution in [0.2, 0.25) is 0 Å². The molecule has 0 spiro atoms. The smallest absolute Gasteiger partial charge is 0.171 e. The van der Waals surface area contributed by atoms with E-state index in [1.807, 2.05) is 91.0 Å². The van der Waals surface area contributed by atoms with Gasteiger partial charge in [-0.05, 0) is 35.9 Å². The standard InChI is InChI=1S/C36H28NOP/c38-39(31-21-9-3-10-22-31,32-23-11-4-12-24-32)36-28-16-14-26-34(36)33-25-13-15-27-35(33)37(29-17-5-1-6-18-29)30-19-7-2-8-20-30/h1-28H. The number of hydrogen-bond donors (Lipinski definition) is 0. The van der Waals surface area contributed by atoms with Gasteiger partial charge in [0.25, 0.3) is 0 Å². The molecule has 39 heavy (non-hydrogen) atoms. The zero-order chi connectivity index (χ0) is 26.5. The number of rotatable bonds is 7. The fourth-order valence-corrected chi connectivity index (χ4v) is 8.03. The van der Waals surface area contributed by atoms with Crippen LogP contribution in [0.1, 0.15) is 0 Å². The van der Waals surface area contributed by atoms with Crippen LogP contribution in [0.3, 0.4) is 0 Å². The Labute approximate surface area is 230 Å². The molecule has 0 atom stereocenters. The lowest BCUT2D eigenvalue weighted by molar-refractivity contribution is 0.592. The SMILES string of the molecule is O=P(c1ccccc1)(c1ccccc1)c1ccccc1-c1ccccc1N(c1ccccc1)c1ccccc1. The average molecular weight is 522 g/mol. The molecule has 0 amide bonds. The third-order valence-electron chi connectivity index (χ3n) is 6.95. The van der Waals surface area contributed by atoms with E-state index in [2.05, 4.69) is 83.8 Å². The first kappa shape index (κ1) is 24.7. The van der Waals surface area contributed by atoms with E-state index >= 15 is 4.57 Å². The molecule has 0 bridgehead atoms. The van der Waals surface area contributed by atoms with Gasteiger partial charge < -0.3 is 9.46 Å². The van der Waals surface area contributed by atoms with Crippen molar-refractivity contribution >= 4 is 40.1 Å². The van der Waals surface area contributed by atoms with Crippen LogP contribution in [0.4, 0.5) is 17.1 Å². The van der Waals surface area contributed by atoms with Crippen LogP contribution in [0, 0.1) is 0 Å². The molecule has 0 saturated heterocycles. The maximum Gasteiger partial charge on any atom is 0.171 e. The molecular formula is C36H28NOP. The van der Waals surface area contributed by atoms with Gasteiger partial charge in [-0.3, -0.25) is 0 Å². The minimum atomic E-state index is -3.19. The predicted molar refractivity (Wildman–Crippen MR) is 166 cm³/mol. The van der Waals surface area contributed by atoms with E-state index in [-0.39, 0.29) is 0 Å². The van der Waals surface area contributed by atoms with Crippen molar-refractivity contribution in [2.45, 2.75) is 0 Å². The van der Waals surface area contributed by atoms with E-state index in [1.165, 1.54) is 0 Å². The van der Waals surface area contributed by atoms with Crippen LogP contribution in [-0.4, -0.2) is 0 Å². The van der Waals surface area contributed by atoms with E-state index in [0.717, 1.165) is 44.1 Å². The molecule has 188 valence electrons. The minimum Gasteiger partial charge on any atom is -0.310 e. The van der Waals surface area contributed by atoms with Crippen molar-refractivity contribution < 1.29 is 4.57 Å². The van der Waals surface area contributed by atoms with Gasteiger partial charge in [0, 0.05) is 32.9 Å². The van der Waals surface area contributed by atoms with Crippen molar-refractivity contribution in [1.29, 1.82) is 0 Å². The molecule has 0 aliphatic carbocycles. The van der Waals surface area contributed by atoms with Gasteiger partial charge in [-0.25, -0.2) is 0 Å². The average Bonchev–Trinajstić information content (AvgIpc) is 3.03. The second kappa shape index (κ2) is 11.0. The van der Waals surface area contributed by atoms with Gasteiger partial charge in [0.2, 0.25) is 0 Å². The van der Waals surface area contributed by atoms with Crippen LogP contribution in [-0.2, 0) is 4.57 Å². The summed E-state index contributed by atoms with van der Waals surface area (Å²) >= 11 is 0. The molecule has 0 N–H and O–H groups in total. The van der Waals surface area contributed by atoms with Gasteiger partial charge in [-0.2, -0.15) is 0 Å². The first-order valence-electron chi connectivity index (χ1n) is 13.1. The van der Waals surface area contributed by atoms with Gasteiger partial charge in [-0.15, -0.1) is 0 Å². The molecule has 2 nitrogen and oxygen atoms in total. The van der Waals surface area contributed by atoms with Gasteiger partial charge in [0.15, 0.2) is 7.14 Å². The Morgan fingerprint density at radius 3 is 1.28 bits per heavy atom. The third kappa shape index (κ3) is 4.72. The minimum absolute atomic E-state index is 0.823. The van der Waals surface area contributed by atoms with Crippen molar-refractivity contribution in [3.05, 3.63) is 170 Å². The second-order valence-electron chi connectivity index (χ2n) is 9.32. The summed E-state index contributed by atoms with van der Waals surface area (Å²) in [5, 5.41) is 2.48. The Morgan fingerprint density at radius 2 is 0.769 bits per heavy atom. The Hall–Kier alpha value is -4.65. The summed E-state index contributed by atoms with van der Waals surface area (Å²) in [5.74, 6) is 0. The highest BCUT2D eigenvalue weighted by molar-refractivity contribution is 7.85. The Balaban J connectivity index is 1.62. The quantitative estimate of drug-likeness (QED) is 0.196. The fourth-order valence-electron chi connectivity index (χ4n) is 5.16. The lowest BCUT2D eigenvalue weighted by Crippen LogP contribution is -2.26. The molecular weight excluding hydrogens is 493 g/mol. The first-order valence-corrected chi connectivity index (χ1v) is 14.8. The Kier molecular flexibility index (Phi) is 6.95. The van der Waals surface area contributed by atoms with Gasteiger partial charge in [0.1, 0.15) is 0 Å². The number of hydrogen-bond acceptors (Lipinski definition) is 2. The summed E-state index contributed by atoms with van der Waals surface area (Å²) in [4.78, 5) is 2.27. The molecule has 0 saturated carbocycles. The summed E-state index contributed by atoms with van der Waals surface area (Å²) in [7, 11) is -3.19. The normalized spacial score (nSPS) is 11.2. The highest BCUT2D eigenvalue weighted by atomic mass is 31.2. The van der Waals surface area contributed by atoms with E-state index in [9.17, 15) is 0 Å². The molecule has 3 heteroatoms. The van der Waals surface area contributed by atoms with Crippen molar-refractivity contribution in [3.8, 4) is 11.1 Å². The molecule has 0 heterocycles. The van der Waals surface area contributed by atoms with Crippen molar-refractivity contribution in [2.24, 2.45) is 0 Å². The van der Waals surface area contributed by atoms with E-state index in [1.54, 1.807) is 0 Å². The van der Waals surface area contributed by atoms with Crippen LogP contribution in [0.25, 0.3) is 11.1 Å². The summed E-state index contributed by atoms with van der Waals surface area (Å²) < 4.78 is 15.4. The highest BCUT2D eigenvalue weighted by Crippen LogP contribution is 2.47. The van der Waals surface area contributed by atoms with Gasteiger partial charge in [0.05, 0.1) is 5.69 Å². The zero-order valence-electron chi connectivity index (χ0n) is 21.5. The number of benzene rings is 6. The lowest BCUT2D eigenvalue weighted by Gasteiger charge is -2.29. The van der Waals surface area contributed by atoms with E-state index < -0.39 is 7.14 Å². The van der Waals surface area contributed by atoms with E-state index in [0.29, 0.717) is 0 Å². The van der Waals surface area contributed by atoms with Crippen molar-refractivity contribution in [3.63, 3.8) is 0 Å². The maximum atomic E-state index is 15.4. The van der Waals surface area contributed by atoms with Crippen molar-refractivity contribution in [2.75, 3.05) is 4.90 Å². The Bertz CT molecular complexity index is 1640. The van der Waals surface area contributed by atoms with E-state index in [4.69, 9.17) is 0 Å². The highest BCUT2D eigenvalue weighted by Gasteiger charge is 2.32. The van der Waals surface area contributed by atoms with Crippen LogP contribution < -0.4 is 20.8 Å². The Morgan fingerprint density at radius 1 is 0.385 bits per heavy atom. The molecule has 0 aliphatic heterocycles. The monoisotopic (exact) mass is 521 g/mol. The zero-order valence-corrected chi connectivity index (χ0v) is 22.4. The first-order chi connectivity index (χ1) is 19.3. The summed E-state index contributed by atoms with van der Waals surface area (Å²) in [5.41, 5.74) is 5.12.